The van der Waals surface area contributed by atoms with Crippen molar-refractivity contribution in [3.05, 3.63) is 24.2 Å². The van der Waals surface area contributed by atoms with Crippen LogP contribution in [0.4, 0.5) is 0 Å². The quantitative estimate of drug-likeness (QED) is 0.812. The van der Waals surface area contributed by atoms with Gasteiger partial charge in [-0.1, -0.05) is 13.8 Å². The van der Waals surface area contributed by atoms with E-state index < -0.39 is 0 Å². The van der Waals surface area contributed by atoms with Gasteiger partial charge in [0.25, 0.3) is 0 Å². The lowest BCUT2D eigenvalue weighted by atomic mass is 9.91. The molecule has 0 amide bonds. The number of hydrogen-bond donors (Lipinski definition) is 1. The Morgan fingerprint density at radius 2 is 2.00 bits per heavy atom. The van der Waals surface area contributed by atoms with E-state index in [2.05, 4.69) is 46.0 Å². The van der Waals surface area contributed by atoms with Crippen LogP contribution in [-0.4, -0.2) is 12.1 Å². The van der Waals surface area contributed by atoms with Crippen LogP contribution in [0.1, 0.15) is 46.6 Å². The summed E-state index contributed by atoms with van der Waals surface area (Å²) in [6.07, 6.45) is 6.00. The van der Waals surface area contributed by atoms with Crippen LogP contribution in [0.5, 0.6) is 0 Å². The lowest BCUT2D eigenvalue weighted by Crippen LogP contribution is -2.39. The molecule has 0 bridgehead atoms. The highest BCUT2D eigenvalue weighted by molar-refractivity contribution is 5.06. The predicted molar refractivity (Wildman–Crippen MR) is 73.1 cm³/mol. The van der Waals surface area contributed by atoms with E-state index >= 15 is 0 Å². The van der Waals surface area contributed by atoms with Gasteiger partial charge in [-0.25, -0.2) is 0 Å². The summed E-state index contributed by atoms with van der Waals surface area (Å²) in [6, 6.07) is 2.07. The highest BCUT2D eigenvalue weighted by atomic mass is 16.3. The van der Waals surface area contributed by atoms with E-state index in [-0.39, 0.29) is 5.54 Å². The highest BCUT2D eigenvalue weighted by Gasteiger charge is 2.16. The maximum Gasteiger partial charge on any atom is 0.0934 e. The van der Waals surface area contributed by atoms with Crippen LogP contribution in [-0.2, 0) is 6.42 Å². The minimum Gasteiger partial charge on any atom is -0.472 e. The molecule has 1 atom stereocenters. The number of nitrogens with one attached hydrogen (secondary N) is 1. The van der Waals surface area contributed by atoms with Gasteiger partial charge in [0.05, 0.1) is 12.5 Å². The molecule has 0 aliphatic rings. The Balaban J connectivity index is 2.48. The average Bonchev–Trinajstić information content (AvgIpc) is 2.65. The summed E-state index contributed by atoms with van der Waals surface area (Å²) in [7, 11) is 0. The molecule has 0 saturated heterocycles. The monoisotopic (exact) mass is 237 g/mol. The summed E-state index contributed by atoms with van der Waals surface area (Å²) >= 11 is 0. The first-order valence-electron chi connectivity index (χ1n) is 6.63. The van der Waals surface area contributed by atoms with E-state index in [4.69, 9.17) is 4.42 Å². The predicted octanol–water partition coefficient (Wildman–Crippen LogP) is 3.87. The van der Waals surface area contributed by atoms with Crippen LogP contribution >= 0.6 is 0 Å². The van der Waals surface area contributed by atoms with E-state index in [1.54, 1.807) is 6.26 Å². The van der Waals surface area contributed by atoms with E-state index in [0.29, 0.717) is 5.92 Å². The molecule has 1 unspecified atom stereocenters. The van der Waals surface area contributed by atoms with Crippen molar-refractivity contribution in [3.8, 4) is 0 Å². The minimum atomic E-state index is 0.200. The fraction of sp³-hybridized carbons (Fsp3) is 0.733. The zero-order valence-electron chi connectivity index (χ0n) is 11.9. The largest absolute Gasteiger partial charge is 0.472 e. The summed E-state index contributed by atoms with van der Waals surface area (Å²) < 4.78 is 5.15. The van der Waals surface area contributed by atoms with Gasteiger partial charge in [-0.05, 0) is 63.6 Å². The third-order valence-electron chi connectivity index (χ3n) is 2.83. The molecule has 2 heteroatoms. The summed E-state index contributed by atoms with van der Waals surface area (Å²) in [4.78, 5) is 0. The first-order valence-corrected chi connectivity index (χ1v) is 6.63. The maximum absolute atomic E-state index is 5.15. The number of hydrogen-bond acceptors (Lipinski definition) is 2. The summed E-state index contributed by atoms with van der Waals surface area (Å²) in [5.41, 5.74) is 1.51. The Hall–Kier alpha value is -0.760. The van der Waals surface area contributed by atoms with Gasteiger partial charge in [-0.2, -0.15) is 0 Å². The van der Waals surface area contributed by atoms with Crippen LogP contribution in [0.2, 0.25) is 0 Å². The molecule has 0 aliphatic heterocycles. The zero-order valence-corrected chi connectivity index (χ0v) is 11.9. The summed E-state index contributed by atoms with van der Waals surface area (Å²) in [5.74, 6) is 1.43. The number of furan rings is 1. The van der Waals surface area contributed by atoms with E-state index in [1.807, 2.05) is 6.26 Å². The summed E-state index contributed by atoms with van der Waals surface area (Å²) in [5, 5.41) is 3.61. The molecule has 0 aliphatic carbocycles. The van der Waals surface area contributed by atoms with Crippen LogP contribution in [0.15, 0.2) is 23.0 Å². The van der Waals surface area contributed by atoms with Gasteiger partial charge in [-0.15, -0.1) is 0 Å². The first kappa shape index (κ1) is 14.3. The normalized spacial score (nSPS) is 14.2. The van der Waals surface area contributed by atoms with Gasteiger partial charge in [0, 0.05) is 5.54 Å². The minimum absolute atomic E-state index is 0.200. The molecule has 0 saturated carbocycles. The fourth-order valence-electron chi connectivity index (χ4n) is 2.10. The lowest BCUT2D eigenvalue weighted by Gasteiger charge is -2.26. The molecular weight excluding hydrogens is 210 g/mol. The molecule has 1 aromatic rings. The Kier molecular flexibility index (Phi) is 5.26. The van der Waals surface area contributed by atoms with Crippen LogP contribution in [0, 0.1) is 11.8 Å². The van der Waals surface area contributed by atoms with E-state index in [9.17, 15) is 0 Å². The van der Waals surface area contributed by atoms with Crippen molar-refractivity contribution < 1.29 is 4.42 Å². The molecule has 2 nitrogen and oxygen atoms in total. The molecule has 1 heterocycles. The van der Waals surface area contributed by atoms with Crippen molar-refractivity contribution in [2.45, 2.75) is 53.0 Å². The molecule has 1 rings (SSSR count). The SMILES string of the molecule is CC(C)CC(CNC(C)(C)C)Cc1ccoc1. The molecule has 0 aromatic carbocycles. The molecule has 17 heavy (non-hydrogen) atoms. The van der Waals surface area contributed by atoms with Gasteiger partial charge >= 0.3 is 0 Å². The summed E-state index contributed by atoms with van der Waals surface area (Å²) in [6.45, 7) is 12.3. The molecule has 98 valence electrons. The van der Waals surface area contributed by atoms with Gasteiger partial charge in [0.2, 0.25) is 0 Å². The smallest absolute Gasteiger partial charge is 0.0934 e. The lowest BCUT2D eigenvalue weighted by molar-refractivity contribution is 0.331. The van der Waals surface area contributed by atoms with Crippen molar-refractivity contribution in [1.82, 2.24) is 5.32 Å². The molecule has 0 radical (unpaired) electrons. The first-order chi connectivity index (χ1) is 7.87. The van der Waals surface area contributed by atoms with Gasteiger partial charge in [0.1, 0.15) is 0 Å². The molecule has 1 N–H and O–H groups in total. The van der Waals surface area contributed by atoms with Gasteiger partial charge < -0.3 is 9.73 Å². The van der Waals surface area contributed by atoms with Crippen molar-refractivity contribution in [2.75, 3.05) is 6.54 Å². The highest BCUT2D eigenvalue weighted by Crippen LogP contribution is 2.18. The topological polar surface area (TPSA) is 25.2 Å². The van der Waals surface area contributed by atoms with E-state index in [0.717, 1.165) is 18.9 Å². The van der Waals surface area contributed by atoms with Crippen molar-refractivity contribution in [2.24, 2.45) is 11.8 Å². The standard InChI is InChI=1S/C15H27NO/c1-12(2)8-14(10-16-15(3,4)5)9-13-6-7-17-11-13/h6-7,11-12,14,16H,8-10H2,1-5H3. The Morgan fingerprint density at radius 1 is 1.29 bits per heavy atom. The molecular formula is C15H27NO. The van der Waals surface area contributed by atoms with E-state index in [1.165, 1.54) is 12.0 Å². The van der Waals surface area contributed by atoms with Crippen molar-refractivity contribution >= 4 is 0 Å². The Labute approximate surface area is 106 Å². The van der Waals surface area contributed by atoms with Gasteiger partial charge in [0.15, 0.2) is 0 Å². The van der Waals surface area contributed by atoms with Gasteiger partial charge in [-0.3, -0.25) is 0 Å². The third kappa shape index (κ3) is 6.52. The maximum atomic E-state index is 5.15. The van der Waals surface area contributed by atoms with Crippen LogP contribution < -0.4 is 5.32 Å². The van der Waals surface area contributed by atoms with Crippen LogP contribution in [0.25, 0.3) is 0 Å². The second-order valence-corrected chi connectivity index (χ2v) is 6.46. The second kappa shape index (κ2) is 6.25. The number of rotatable bonds is 6. The Morgan fingerprint density at radius 3 is 2.47 bits per heavy atom. The molecule has 0 spiro atoms. The fourth-order valence-corrected chi connectivity index (χ4v) is 2.10. The van der Waals surface area contributed by atoms with Crippen molar-refractivity contribution in [3.63, 3.8) is 0 Å². The Bertz CT molecular complexity index is 295. The molecule has 0 fully saturated rings. The zero-order chi connectivity index (χ0) is 12.9. The third-order valence-corrected chi connectivity index (χ3v) is 2.83. The van der Waals surface area contributed by atoms with Crippen LogP contribution in [0.3, 0.4) is 0 Å². The van der Waals surface area contributed by atoms with Crippen molar-refractivity contribution in [1.29, 1.82) is 0 Å². The average molecular weight is 237 g/mol. The molecule has 1 aromatic heterocycles. The second-order valence-electron chi connectivity index (χ2n) is 6.46.